The molecule has 23 heavy (non-hydrogen) atoms. The molecule has 0 saturated carbocycles. The number of para-hydroxylation sites is 1. The first kappa shape index (κ1) is 14.5. The second-order valence-electron chi connectivity index (χ2n) is 6.59. The van der Waals surface area contributed by atoms with Crippen LogP contribution >= 0.6 is 0 Å². The maximum absolute atomic E-state index is 4.63. The van der Waals surface area contributed by atoms with Crippen LogP contribution in [0, 0.1) is 6.92 Å². The molecule has 0 spiro atoms. The summed E-state index contributed by atoms with van der Waals surface area (Å²) in [6.07, 6.45) is 6.56. The van der Waals surface area contributed by atoms with Crippen molar-refractivity contribution in [3.63, 3.8) is 0 Å². The molecule has 0 N–H and O–H groups in total. The van der Waals surface area contributed by atoms with Gasteiger partial charge in [-0.3, -0.25) is 0 Å². The molecular weight excluding hydrogens is 284 g/mol. The second-order valence-corrected chi connectivity index (χ2v) is 6.59. The highest BCUT2D eigenvalue weighted by atomic mass is 15.3. The molecule has 0 unspecified atom stereocenters. The van der Waals surface area contributed by atoms with E-state index in [0.29, 0.717) is 0 Å². The zero-order chi connectivity index (χ0) is 15.6. The van der Waals surface area contributed by atoms with Crippen molar-refractivity contribution in [3.8, 4) is 0 Å². The summed E-state index contributed by atoms with van der Waals surface area (Å²) in [7, 11) is 0. The first-order chi connectivity index (χ1) is 11.3. The summed E-state index contributed by atoms with van der Waals surface area (Å²) in [6.45, 7) is 6.39. The van der Waals surface area contributed by atoms with Crippen molar-refractivity contribution in [2.45, 2.75) is 32.6 Å². The number of aromatic nitrogens is 2. The Morgan fingerprint density at radius 1 is 0.870 bits per heavy atom. The maximum atomic E-state index is 4.63. The molecule has 2 heterocycles. The summed E-state index contributed by atoms with van der Waals surface area (Å²) in [5.74, 6) is 1.19. The standard InChI is InChI=1S/C19H24N4/c1-15-6-2-5-9-18(15)22-10-12-23(13-11-22)19-16-7-3-4-8-17(16)20-14-21-19/h2,5-6,9,14H,3-4,7-8,10-13H2,1H3. The van der Waals surface area contributed by atoms with Crippen molar-refractivity contribution in [1.29, 1.82) is 0 Å². The third-order valence-corrected chi connectivity index (χ3v) is 5.14. The van der Waals surface area contributed by atoms with Crippen LogP contribution in [0.1, 0.15) is 29.7 Å². The number of aryl methyl sites for hydroxylation is 2. The minimum atomic E-state index is 1.04. The van der Waals surface area contributed by atoms with E-state index in [0.717, 1.165) is 39.0 Å². The van der Waals surface area contributed by atoms with Crippen LogP contribution in [0.4, 0.5) is 11.5 Å². The molecule has 1 saturated heterocycles. The van der Waals surface area contributed by atoms with Gasteiger partial charge >= 0.3 is 0 Å². The van der Waals surface area contributed by atoms with Gasteiger partial charge in [0.05, 0.1) is 0 Å². The van der Waals surface area contributed by atoms with Crippen molar-refractivity contribution < 1.29 is 0 Å². The smallest absolute Gasteiger partial charge is 0.135 e. The fourth-order valence-electron chi connectivity index (χ4n) is 3.85. The van der Waals surface area contributed by atoms with Crippen molar-refractivity contribution >= 4 is 11.5 Å². The molecule has 0 radical (unpaired) electrons. The third kappa shape index (κ3) is 2.78. The lowest BCUT2D eigenvalue weighted by Gasteiger charge is -2.38. The van der Waals surface area contributed by atoms with Crippen LogP contribution in [0.15, 0.2) is 30.6 Å². The lowest BCUT2D eigenvalue weighted by atomic mass is 9.96. The Bertz CT molecular complexity index is 690. The molecule has 4 nitrogen and oxygen atoms in total. The summed E-state index contributed by atoms with van der Waals surface area (Å²) < 4.78 is 0. The van der Waals surface area contributed by atoms with Crippen LogP contribution in [0.2, 0.25) is 0 Å². The van der Waals surface area contributed by atoms with Gasteiger partial charge in [0.25, 0.3) is 0 Å². The van der Waals surface area contributed by atoms with Gasteiger partial charge in [-0.25, -0.2) is 9.97 Å². The Kier molecular flexibility index (Phi) is 3.90. The lowest BCUT2D eigenvalue weighted by Crippen LogP contribution is -2.47. The molecule has 4 heteroatoms. The van der Waals surface area contributed by atoms with Crippen molar-refractivity contribution in [2.75, 3.05) is 36.0 Å². The second kappa shape index (κ2) is 6.19. The highest BCUT2D eigenvalue weighted by Gasteiger charge is 2.23. The molecule has 1 aromatic heterocycles. The van der Waals surface area contributed by atoms with E-state index in [-0.39, 0.29) is 0 Å². The van der Waals surface area contributed by atoms with Crippen molar-refractivity contribution in [2.24, 2.45) is 0 Å². The topological polar surface area (TPSA) is 32.3 Å². The van der Waals surface area contributed by atoms with Gasteiger partial charge in [0.15, 0.2) is 0 Å². The highest BCUT2D eigenvalue weighted by Crippen LogP contribution is 2.28. The molecular formula is C19H24N4. The van der Waals surface area contributed by atoms with Crippen LogP contribution in [0.3, 0.4) is 0 Å². The lowest BCUT2D eigenvalue weighted by molar-refractivity contribution is 0.622. The normalized spacial score (nSPS) is 18.0. The largest absolute Gasteiger partial charge is 0.368 e. The molecule has 120 valence electrons. The minimum Gasteiger partial charge on any atom is -0.368 e. The number of nitrogens with zero attached hydrogens (tertiary/aromatic N) is 4. The number of fused-ring (bicyclic) bond motifs is 1. The van der Waals surface area contributed by atoms with E-state index in [9.17, 15) is 0 Å². The molecule has 1 aromatic carbocycles. The molecule has 2 aliphatic rings. The summed E-state index contributed by atoms with van der Waals surface area (Å²) in [4.78, 5) is 14.1. The zero-order valence-corrected chi connectivity index (χ0v) is 13.8. The number of hydrogen-bond acceptors (Lipinski definition) is 4. The van der Waals surface area contributed by atoms with Gasteiger partial charge in [-0.15, -0.1) is 0 Å². The summed E-state index contributed by atoms with van der Waals surface area (Å²) in [6, 6.07) is 8.68. The summed E-state index contributed by atoms with van der Waals surface area (Å²) >= 11 is 0. The average Bonchev–Trinajstić information content (AvgIpc) is 2.62. The van der Waals surface area contributed by atoms with Gasteiger partial charge < -0.3 is 9.80 Å². The fourth-order valence-corrected chi connectivity index (χ4v) is 3.85. The van der Waals surface area contributed by atoms with Crippen LogP contribution in [-0.4, -0.2) is 36.1 Å². The fraction of sp³-hybridized carbons (Fsp3) is 0.474. The van der Waals surface area contributed by atoms with Gasteiger partial charge in [-0.05, 0) is 44.2 Å². The predicted molar refractivity (Wildman–Crippen MR) is 94.3 cm³/mol. The van der Waals surface area contributed by atoms with Crippen LogP contribution in [0.25, 0.3) is 0 Å². The first-order valence-electron chi connectivity index (χ1n) is 8.71. The molecule has 4 rings (SSSR count). The molecule has 2 aromatic rings. The van der Waals surface area contributed by atoms with Gasteiger partial charge in [0, 0.05) is 43.1 Å². The molecule has 1 aliphatic heterocycles. The van der Waals surface area contributed by atoms with Crippen LogP contribution in [-0.2, 0) is 12.8 Å². The molecule has 0 atom stereocenters. The van der Waals surface area contributed by atoms with E-state index in [4.69, 9.17) is 0 Å². The van der Waals surface area contributed by atoms with Gasteiger partial charge in [0.2, 0.25) is 0 Å². The highest BCUT2D eigenvalue weighted by molar-refractivity contribution is 5.56. The monoisotopic (exact) mass is 308 g/mol. The number of rotatable bonds is 2. The van der Waals surface area contributed by atoms with E-state index < -0.39 is 0 Å². The van der Waals surface area contributed by atoms with Crippen LogP contribution < -0.4 is 9.80 Å². The average molecular weight is 308 g/mol. The number of hydrogen-bond donors (Lipinski definition) is 0. The predicted octanol–water partition coefficient (Wildman–Crippen LogP) is 2.99. The van der Waals surface area contributed by atoms with E-state index in [1.54, 1.807) is 6.33 Å². The number of piperazine rings is 1. The van der Waals surface area contributed by atoms with E-state index in [1.165, 1.54) is 41.2 Å². The number of anilines is 2. The Morgan fingerprint density at radius 3 is 2.43 bits per heavy atom. The van der Waals surface area contributed by atoms with Crippen LogP contribution in [0.5, 0.6) is 0 Å². The van der Waals surface area contributed by atoms with Crippen molar-refractivity contribution in [1.82, 2.24) is 9.97 Å². The zero-order valence-electron chi connectivity index (χ0n) is 13.8. The Morgan fingerprint density at radius 2 is 1.61 bits per heavy atom. The molecule has 0 bridgehead atoms. The maximum Gasteiger partial charge on any atom is 0.135 e. The van der Waals surface area contributed by atoms with E-state index in [1.807, 2.05) is 0 Å². The van der Waals surface area contributed by atoms with E-state index >= 15 is 0 Å². The Labute approximate surface area is 138 Å². The quantitative estimate of drug-likeness (QED) is 0.854. The number of benzene rings is 1. The van der Waals surface area contributed by atoms with Gasteiger partial charge in [0.1, 0.15) is 12.1 Å². The first-order valence-corrected chi connectivity index (χ1v) is 8.71. The summed E-state index contributed by atoms with van der Waals surface area (Å²) in [5, 5.41) is 0. The summed E-state index contributed by atoms with van der Waals surface area (Å²) in [5.41, 5.74) is 5.42. The molecule has 1 fully saturated rings. The van der Waals surface area contributed by atoms with E-state index in [2.05, 4.69) is 51.0 Å². The van der Waals surface area contributed by atoms with Gasteiger partial charge in [-0.2, -0.15) is 0 Å². The molecule has 1 aliphatic carbocycles. The Balaban J connectivity index is 1.51. The van der Waals surface area contributed by atoms with Crippen molar-refractivity contribution in [3.05, 3.63) is 47.4 Å². The third-order valence-electron chi connectivity index (χ3n) is 5.14. The SMILES string of the molecule is Cc1ccccc1N1CCN(c2ncnc3c2CCCC3)CC1. The van der Waals surface area contributed by atoms with Gasteiger partial charge in [-0.1, -0.05) is 18.2 Å². The minimum absolute atomic E-state index is 1.04. The Hall–Kier alpha value is -2.10. The molecule has 0 amide bonds.